The van der Waals surface area contributed by atoms with Gasteiger partial charge in [0.25, 0.3) is 0 Å². The number of rotatable bonds is 2. The molecule has 0 bridgehead atoms. The highest BCUT2D eigenvalue weighted by Crippen LogP contribution is 2.31. The average molecular weight is 306 g/mol. The zero-order valence-corrected chi connectivity index (χ0v) is 12.8. The van der Waals surface area contributed by atoms with Crippen LogP contribution in [-0.2, 0) is 0 Å². The van der Waals surface area contributed by atoms with Gasteiger partial charge in [0.1, 0.15) is 11.3 Å². The molecule has 3 aromatic rings. The molecule has 1 aromatic heterocycles. The molecule has 4 nitrogen and oxygen atoms in total. The number of para-hydroxylation sites is 1. The van der Waals surface area contributed by atoms with Gasteiger partial charge in [0, 0.05) is 31.7 Å². The van der Waals surface area contributed by atoms with Gasteiger partial charge in [0.2, 0.25) is 5.43 Å². The minimum atomic E-state index is 0.0487. The standard InChI is InChI=1S/C19H18N2O2/c22-18-15-8-4-5-9-16(15)23-19(14-6-2-1-3-7-14)17(18)21-12-10-20-11-13-21/h1-9,20H,10-13H2. The molecule has 0 spiro atoms. The van der Waals surface area contributed by atoms with Gasteiger partial charge in [-0.15, -0.1) is 0 Å². The van der Waals surface area contributed by atoms with Crippen LogP contribution in [0.3, 0.4) is 0 Å². The first-order valence-electron chi connectivity index (χ1n) is 7.91. The van der Waals surface area contributed by atoms with Crippen LogP contribution in [0.1, 0.15) is 0 Å². The number of nitrogens with zero attached hydrogens (tertiary/aromatic N) is 1. The summed E-state index contributed by atoms with van der Waals surface area (Å²) in [6.07, 6.45) is 0. The number of benzene rings is 2. The molecule has 0 radical (unpaired) electrons. The topological polar surface area (TPSA) is 45.5 Å². The van der Waals surface area contributed by atoms with Crippen LogP contribution in [0.2, 0.25) is 0 Å². The van der Waals surface area contributed by atoms with Crippen LogP contribution in [0.4, 0.5) is 5.69 Å². The largest absolute Gasteiger partial charge is 0.454 e. The first kappa shape index (κ1) is 14.0. The summed E-state index contributed by atoms with van der Waals surface area (Å²) in [5, 5.41) is 3.97. The molecule has 116 valence electrons. The molecule has 1 fully saturated rings. The van der Waals surface area contributed by atoms with E-state index in [0.29, 0.717) is 22.4 Å². The summed E-state index contributed by atoms with van der Waals surface area (Å²) in [6.45, 7) is 3.37. The van der Waals surface area contributed by atoms with E-state index in [1.54, 1.807) is 0 Å². The van der Waals surface area contributed by atoms with Crippen molar-refractivity contribution in [2.24, 2.45) is 0 Å². The molecule has 4 heteroatoms. The highest BCUT2D eigenvalue weighted by atomic mass is 16.3. The Morgan fingerprint density at radius 2 is 1.61 bits per heavy atom. The Balaban J connectivity index is 2.00. The van der Waals surface area contributed by atoms with Gasteiger partial charge in [-0.3, -0.25) is 4.79 Å². The van der Waals surface area contributed by atoms with Gasteiger partial charge >= 0.3 is 0 Å². The van der Waals surface area contributed by atoms with Crippen LogP contribution in [0.15, 0.2) is 63.8 Å². The van der Waals surface area contributed by atoms with Crippen LogP contribution in [0.5, 0.6) is 0 Å². The molecule has 1 aliphatic rings. The highest BCUT2D eigenvalue weighted by molar-refractivity contribution is 5.86. The molecule has 2 heterocycles. The van der Waals surface area contributed by atoms with E-state index in [4.69, 9.17) is 4.42 Å². The summed E-state index contributed by atoms with van der Waals surface area (Å²) in [5.41, 5.74) is 2.29. The third kappa shape index (κ3) is 2.51. The fraction of sp³-hybridized carbons (Fsp3) is 0.211. The number of anilines is 1. The van der Waals surface area contributed by atoms with Crippen molar-refractivity contribution in [2.75, 3.05) is 31.1 Å². The lowest BCUT2D eigenvalue weighted by molar-refractivity contribution is 0.573. The lowest BCUT2D eigenvalue weighted by Crippen LogP contribution is -2.45. The molecule has 0 unspecified atom stereocenters. The van der Waals surface area contributed by atoms with Gasteiger partial charge in [-0.2, -0.15) is 0 Å². The maximum absolute atomic E-state index is 13.1. The van der Waals surface area contributed by atoms with E-state index in [0.717, 1.165) is 31.7 Å². The minimum Gasteiger partial charge on any atom is -0.454 e. The smallest absolute Gasteiger partial charge is 0.216 e. The first-order chi connectivity index (χ1) is 11.3. The zero-order chi connectivity index (χ0) is 15.6. The SMILES string of the molecule is O=c1c(N2CCNCC2)c(-c2ccccc2)oc2ccccc12. The Kier molecular flexibility index (Phi) is 3.60. The predicted molar refractivity (Wildman–Crippen MR) is 93.0 cm³/mol. The summed E-state index contributed by atoms with van der Waals surface area (Å²) in [4.78, 5) is 15.2. The van der Waals surface area contributed by atoms with Crippen LogP contribution in [0.25, 0.3) is 22.3 Å². The number of hydrogen-bond donors (Lipinski definition) is 1. The van der Waals surface area contributed by atoms with Gasteiger partial charge in [-0.25, -0.2) is 0 Å². The van der Waals surface area contributed by atoms with Crippen molar-refractivity contribution in [1.82, 2.24) is 5.32 Å². The third-order valence-electron chi connectivity index (χ3n) is 4.24. The molecule has 0 atom stereocenters. The predicted octanol–water partition coefficient (Wildman–Crippen LogP) is 2.87. The average Bonchev–Trinajstić information content (AvgIpc) is 2.63. The second kappa shape index (κ2) is 5.89. The Morgan fingerprint density at radius 3 is 2.39 bits per heavy atom. The summed E-state index contributed by atoms with van der Waals surface area (Å²) in [6, 6.07) is 17.3. The molecule has 1 N–H and O–H groups in total. The number of fused-ring (bicyclic) bond motifs is 1. The maximum Gasteiger partial charge on any atom is 0.216 e. The number of nitrogens with one attached hydrogen (secondary N) is 1. The molecule has 2 aromatic carbocycles. The van der Waals surface area contributed by atoms with E-state index in [1.165, 1.54) is 0 Å². The minimum absolute atomic E-state index is 0.0487. The van der Waals surface area contributed by atoms with Crippen molar-refractivity contribution in [2.45, 2.75) is 0 Å². The molecule has 1 aliphatic heterocycles. The summed E-state index contributed by atoms with van der Waals surface area (Å²) in [5.74, 6) is 0.663. The molecular weight excluding hydrogens is 288 g/mol. The second-order valence-corrected chi connectivity index (χ2v) is 5.71. The van der Waals surface area contributed by atoms with Crippen LogP contribution in [-0.4, -0.2) is 26.2 Å². The molecule has 0 saturated carbocycles. The van der Waals surface area contributed by atoms with Crippen molar-refractivity contribution in [3.8, 4) is 11.3 Å². The third-order valence-corrected chi connectivity index (χ3v) is 4.24. The Hall–Kier alpha value is -2.59. The first-order valence-corrected chi connectivity index (χ1v) is 7.91. The highest BCUT2D eigenvalue weighted by Gasteiger charge is 2.22. The van der Waals surface area contributed by atoms with E-state index < -0.39 is 0 Å². The normalized spacial score (nSPS) is 15.0. The quantitative estimate of drug-likeness (QED) is 0.791. The number of hydrogen-bond acceptors (Lipinski definition) is 4. The lowest BCUT2D eigenvalue weighted by Gasteiger charge is -2.30. The maximum atomic E-state index is 13.1. The van der Waals surface area contributed by atoms with Crippen molar-refractivity contribution in [1.29, 1.82) is 0 Å². The zero-order valence-electron chi connectivity index (χ0n) is 12.8. The summed E-state index contributed by atoms with van der Waals surface area (Å²) < 4.78 is 6.15. The molecule has 4 rings (SSSR count). The summed E-state index contributed by atoms with van der Waals surface area (Å²) >= 11 is 0. The van der Waals surface area contributed by atoms with Gasteiger partial charge in [0.05, 0.1) is 5.39 Å². The Bertz CT molecular complexity index is 881. The molecule has 0 amide bonds. The fourth-order valence-electron chi connectivity index (χ4n) is 3.09. The Labute approximate surface area is 134 Å². The van der Waals surface area contributed by atoms with Crippen LogP contribution in [0, 0.1) is 0 Å². The van der Waals surface area contributed by atoms with Gasteiger partial charge in [-0.05, 0) is 12.1 Å². The van der Waals surface area contributed by atoms with E-state index in [1.807, 2.05) is 54.6 Å². The molecule has 0 aliphatic carbocycles. The second-order valence-electron chi connectivity index (χ2n) is 5.71. The monoisotopic (exact) mass is 306 g/mol. The van der Waals surface area contributed by atoms with Crippen molar-refractivity contribution < 1.29 is 4.42 Å². The molecule has 1 saturated heterocycles. The number of piperazine rings is 1. The van der Waals surface area contributed by atoms with E-state index in [9.17, 15) is 4.79 Å². The van der Waals surface area contributed by atoms with E-state index in [2.05, 4.69) is 10.2 Å². The molecular formula is C19H18N2O2. The van der Waals surface area contributed by atoms with E-state index in [-0.39, 0.29) is 5.43 Å². The lowest BCUT2D eigenvalue weighted by atomic mass is 10.1. The van der Waals surface area contributed by atoms with Crippen molar-refractivity contribution in [3.05, 3.63) is 64.8 Å². The van der Waals surface area contributed by atoms with Crippen LogP contribution < -0.4 is 15.6 Å². The fourth-order valence-corrected chi connectivity index (χ4v) is 3.09. The van der Waals surface area contributed by atoms with Crippen LogP contribution >= 0.6 is 0 Å². The van der Waals surface area contributed by atoms with Gasteiger partial charge in [-0.1, -0.05) is 42.5 Å². The van der Waals surface area contributed by atoms with Gasteiger partial charge in [0.15, 0.2) is 5.76 Å². The van der Waals surface area contributed by atoms with Crippen molar-refractivity contribution >= 4 is 16.7 Å². The Morgan fingerprint density at radius 1 is 0.913 bits per heavy atom. The van der Waals surface area contributed by atoms with Crippen molar-refractivity contribution in [3.63, 3.8) is 0 Å². The molecule has 23 heavy (non-hydrogen) atoms. The van der Waals surface area contributed by atoms with E-state index >= 15 is 0 Å². The summed E-state index contributed by atoms with van der Waals surface area (Å²) in [7, 11) is 0. The van der Waals surface area contributed by atoms with Gasteiger partial charge < -0.3 is 14.6 Å².